The summed E-state index contributed by atoms with van der Waals surface area (Å²) < 4.78 is 16.7. The van der Waals surface area contributed by atoms with Gasteiger partial charge in [-0.15, -0.1) is 0 Å². The summed E-state index contributed by atoms with van der Waals surface area (Å²) in [6.45, 7) is 5.70. The SMILES string of the molecule is COc1cc2c(cc1CNCC1CCOC1)OC(C)C2. The fourth-order valence-electron chi connectivity index (χ4n) is 2.96. The van der Waals surface area contributed by atoms with Gasteiger partial charge in [0.2, 0.25) is 0 Å². The number of nitrogens with one attached hydrogen (secondary N) is 1. The highest BCUT2D eigenvalue weighted by Gasteiger charge is 2.22. The van der Waals surface area contributed by atoms with Crippen molar-refractivity contribution in [3.63, 3.8) is 0 Å². The minimum absolute atomic E-state index is 0.272. The summed E-state index contributed by atoms with van der Waals surface area (Å²) in [7, 11) is 1.73. The molecule has 1 aromatic rings. The molecule has 2 aliphatic heterocycles. The predicted molar refractivity (Wildman–Crippen MR) is 77.4 cm³/mol. The highest BCUT2D eigenvalue weighted by atomic mass is 16.5. The van der Waals surface area contributed by atoms with E-state index in [0.717, 1.165) is 50.6 Å². The molecule has 2 aliphatic rings. The first kappa shape index (κ1) is 13.7. The van der Waals surface area contributed by atoms with Crippen molar-refractivity contribution in [3.05, 3.63) is 23.3 Å². The van der Waals surface area contributed by atoms with E-state index < -0.39 is 0 Å². The van der Waals surface area contributed by atoms with Crippen molar-refractivity contribution in [1.82, 2.24) is 5.32 Å². The second-order valence-corrected chi connectivity index (χ2v) is 5.76. The zero-order chi connectivity index (χ0) is 13.9. The molecule has 4 heteroatoms. The van der Waals surface area contributed by atoms with E-state index in [1.165, 1.54) is 11.1 Å². The average molecular weight is 277 g/mol. The molecular weight excluding hydrogens is 254 g/mol. The molecular formula is C16H23NO3. The number of benzene rings is 1. The Kier molecular flexibility index (Phi) is 4.13. The van der Waals surface area contributed by atoms with Crippen molar-refractivity contribution >= 4 is 0 Å². The second-order valence-electron chi connectivity index (χ2n) is 5.76. The molecule has 2 atom stereocenters. The van der Waals surface area contributed by atoms with Crippen LogP contribution < -0.4 is 14.8 Å². The maximum atomic E-state index is 5.82. The first-order valence-corrected chi connectivity index (χ1v) is 7.41. The average Bonchev–Trinajstić information content (AvgIpc) is 3.05. The fourth-order valence-corrected chi connectivity index (χ4v) is 2.96. The second kappa shape index (κ2) is 6.02. The molecule has 0 radical (unpaired) electrons. The Balaban J connectivity index is 1.64. The van der Waals surface area contributed by atoms with Crippen LogP contribution in [-0.4, -0.2) is 33.0 Å². The van der Waals surface area contributed by atoms with E-state index in [1.807, 2.05) is 0 Å². The maximum absolute atomic E-state index is 5.82. The first-order valence-electron chi connectivity index (χ1n) is 7.41. The quantitative estimate of drug-likeness (QED) is 0.895. The summed E-state index contributed by atoms with van der Waals surface area (Å²) in [4.78, 5) is 0. The number of hydrogen-bond acceptors (Lipinski definition) is 4. The molecule has 1 saturated heterocycles. The standard InChI is InChI=1S/C16H23NO3/c1-11-5-13-6-15(18-2)14(7-16(13)20-11)9-17-8-12-3-4-19-10-12/h6-7,11-12,17H,3-5,8-10H2,1-2H3. The van der Waals surface area contributed by atoms with Crippen molar-refractivity contribution in [3.8, 4) is 11.5 Å². The van der Waals surface area contributed by atoms with Crippen molar-refractivity contribution in [2.45, 2.75) is 32.4 Å². The third kappa shape index (κ3) is 2.91. The summed E-state index contributed by atoms with van der Waals surface area (Å²) in [5, 5.41) is 3.51. The van der Waals surface area contributed by atoms with Crippen LogP contribution in [-0.2, 0) is 17.7 Å². The van der Waals surface area contributed by atoms with Crippen LogP contribution in [0, 0.1) is 5.92 Å². The van der Waals surface area contributed by atoms with Gasteiger partial charge in [0.05, 0.1) is 13.7 Å². The molecule has 0 saturated carbocycles. The monoisotopic (exact) mass is 277 g/mol. The minimum Gasteiger partial charge on any atom is -0.496 e. The van der Waals surface area contributed by atoms with E-state index in [4.69, 9.17) is 14.2 Å². The van der Waals surface area contributed by atoms with Gasteiger partial charge in [0, 0.05) is 37.2 Å². The molecule has 0 spiro atoms. The summed E-state index contributed by atoms with van der Waals surface area (Å²) in [6, 6.07) is 4.24. The molecule has 1 fully saturated rings. The molecule has 0 aliphatic carbocycles. The molecule has 20 heavy (non-hydrogen) atoms. The molecule has 2 unspecified atom stereocenters. The van der Waals surface area contributed by atoms with Gasteiger partial charge in [-0.25, -0.2) is 0 Å². The highest BCUT2D eigenvalue weighted by molar-refractivity contribution is 5.48. The van der Waals surface area contributed by atoms with Gasteiger partial charge in [-0.1, -0.05) is 0 Å². The van der Waals surface area contributed by atoms with Gasteiger partial charge in [0.25, 0.3) is 0 Å². The largest absolute Gasteiger partial charge is 0.496 e. The van der Waals surface area contributed by atoms with Crippen LogP contribution >= 0.6 is 0 Å². The van der Waals surface area contributed by atoms with Gasteiger partial charge < -0.3 is 19.5 Å². The lowest BCUT2D eigenvalue weighted by atomic mass is 10.1. The van der Waals surface area contributed by atoms with Crippen LogP contribution in [0.15, 0.2) is 12.1 Å². The normalized spacial score (nSPS) is 24.5. The van der Waals surface area contributed by atoms with Crippen molar-refractivity contribution < 1.29 is 14.2 Å². The molecule has 4 nitrogen and oxygen atoms in total. The van der Waals surface area contributed by atoms with Gasteiger partial charge >= 0.3 is 0 Å². The topological polar surface area (TPSA) is 39.7 Å². The number of hydrogen-bond donors (Lipinski definition) is 1. The fraction of sp³-hybridized carbons (Fsp3) is 0.625. The molecule has 110 valence electrons. The van der Waals surface area contributed by atoms with E-state index >= 15 is 0 Å². The molecule has 0 amide bonds. The number of methoxy groups -OCH3 is 1. The molecule has 0 aromatic heterocycles. The lowest BCUT2D eigenvalue weighted by Crippen LogP contribution is -2.22. The van der Waals surface area contributed by atoms with E-state index in [9.17, 15) is 0 Å². The third-order valence-electron chi connectivity index (χ3n) is 4.07. The highest BCUT2D eigenvalue weighted by Crippen LogP contribution is 2.34. The van der Waals surface area contributed by atoms with Crippen molar-refractivity contribution in [1.29, 1.82) is 0 Å². The van der Waals surface area contributed by atoms with Crippen LogP contribution in [0.25, 0.3) is 0 Å². The van der Waals surface area contributed by atoms with E-state index in [0.29, 0.717) is 5.92 Å². The predicted octanol–water partition coefficient (Wildman–Crippen LogP) is 2.14. The third-order valence-corrected chi connectivity index (χ3v) is 4.07. The van der Waals surface area contributed by atoms with Crippen LogP contribution in [0.3, 0.4) is 0 Å². The van der Waals surface area contributed by atoms with Crippen LogP contribution in [0.1, 0.15) is 24.5 Å². The zero-order valence-electron chi connectivity index (χ0n) is 12.3. The molecule has 1 aromatic carbocycles. The Bertz CT molecular complexity index is 469. The number of ether oxygens (including phenoxy) is 3. The van der Waals surface area contributed by atoms with Crippen LogP contribution in [0.5, 0.6) is 11.5 Å². The molecule has 0 bridgehead atoms. The molecule has 2 heterocycles. The van der Waals surface area contributed by atoms with E-state index in [-0.39, 0.29) is 6.10 Å². The van der Waals surface area contributed by atoms with Crippen molar-refractivity contribution in [2.75, 3.05) is 26.9 Å². The summed E-state index contributed by atoms with van der Waals surface area (Å²) in [5.41, 5.74) is 2.42. The van der Waals surface area contributed by atoms with Gasteiger partial charge in [-0.3, -0.25) is 0 Å². The lowest BCUT2D eigenvalue weighted by Gasteiger charge is -2.13. The summed E-state index contributed by atoms with van der Waals surface area (Å²) in [6.07, 6.45) is 2.40. The lowest BCUT2D eigenvalue weighted by molar-refractivity contribution is 0.185. The van der Waals surface area contributed by atoms with Gasteiger partial charge in [0.15, 0.2) is 0 Å². The first-order chi connectivity index (χ1) is 9.76. The number of rotatable bonds is 5. The molecule has 3 rings (SSSR count). The van der Waals surface area contributed by atoms with Gasteiger partial charge in [-0.05, 0) is 31.4 Å². The van der Waals surface area contributed by atoms with E-state index in [2.05, 4.69) is 24.4 Å². The minimum atomic E-state index is 0.272. The molecule has 1 N–H and O–H groups in total. The Morgan fingerprint density at radius 1 is 1.40 bits per heavy atom. The Labute approximate surface area is 120 Å². The van der Waals surface area contributed by atoms with Crippen LogP contribution in [0.2, 0.25) is 0 Å². The smallest absolute Gasteiger partial charge is 0.123 e. The zero-order valence-corrected chi connectivity index (χ0v) is 12.3. The number of fused-ring (bicyclic) bond motifs is 1. The van der Waals surface area contributed by atoms with Crippen LogP contribution in [0.4, 0.5) is 0 Å². The Morgan fingerprint density at radius 2 is 2.30 bits per heavy atom. The maximum Gasteiger partial charge on any atom is 0.123 e. The Morgan fingerprint density at radius 3 is 3.05 bits per heavy atom. The Hall–Kier alpha value is -1.26. The van der Waals surface area contributed by atoms with Crippen molar-refractivity contribution in [2.24, 2.45) is 5.92 Å². The van der Waals surface area contributed by atoms with Gasteiger partial charge in [0.1, 0.15) is 17.6 Å². The van der Waals surface area contributed by atoms with Gasteiger partial charge in [-0.2, -0.15) is 0 Å². The summed E-state index contributed by atoms with van der Waals surface area (Å²) >= 11 is 0. The summed E-state index contributed by atoms with van der Waals surface area (Å²) in [5.74, 6) is 2.61. The van der Waals surface area contributed by atoms with E-state index in [1.54, 1.807) is 7.11 Å².